The van der Waals surface area contributed by atoms with Crippen molar-refractivity contribution in [2.24, 2.45) is 0 Å². The maximum atomic E-state index is 11.1. The van der Waals surface area contributed by atoms with Gasteiger partial charge in [0.15, 0.2) is 0 Å². The van der Waals surface area contributed by atoms with E-state index in [4.69, 9.17) is 4.74 Å². The third-order valence-corrected chi connectivity index (χ3v) is 1.76. The van der Waals surface area contributed by atoms with Crippen LogP contribution in [0.4, 0.5) is 0 Å². The number of esters is 1. The molecule has 0 bridgehead atoms. The highest BCUT2D eigenvalue weighted by Gasteiger charge is 2.10. The second kappa shape index (κ2) is 8.23. The van der Waals surface area contributed by atoms with Gasteiger partial charge in [0.2, 0.25) is 5.91 Å². The maximum Gasteiger partial charge on any atom is 0.307 e. The smallest absolute Gasteiger partial charge is 0.307 e. The number of carbonyl (C=O) groups is 2. The highest BCUT2D eigenvalue weighted by atomic mass is 16.5. The molecule has 1 amide bonds. The second-order valence-electron chi connectivity index (χ2n) is 3.24. The number of rotatable bonds is 7. The van der Waals surface area contributed by atoms with Crippen LogP contribution in [0.1, 0.15) is 27.2 Å². The molecule has 0 saturated heterocycles. The van der Waals surface area contributed by atoms with E-state index in [0.717, 1.165) is 0 Å². The number of amides is 1. The SMILES string of the molecule is CCNC(=O)CNC(C)CC(=O)OCC. The third kappa shape index (κ3) is 7.93. The summed E-state index contributed by atoms with van der Waals surface area (Å²) in [7, 11) is 0. The monoisotopic (exact) mass is 216 g/mol. The lowest BCUT2D eigenvalue weighted by Gasteiger charge is -2.12. The standard InChI is InChI=1S/C10H20N2O3/c1-4-11-9(13)7-12-8(3)6-10(14)15-5-2/h8,12H,4-7H2,1-3H3,(H,11,13). The largest absolute Gasteiger partial charge is 0.466 e. The molecule has 1 atom stereocenters. The zero-order valence-electron chi connectivity index (χ0n) is 9.63. The molecule has 0 aliphatic heterocycles. The van der Waals surface area contributed by atoms with Gasteiger partial charge in [-0.15, -0.1) is 0 Å². The van der Waals surface area contributed by atoms with Gasteiger partial charge in [-0.2, -0.15) is 0 Å². The fourth-order valence-corrected chi connectivity index (χ4v) is 1.07. The molecule has 88 valence electrons. The van der Waals surface area contributed by atoms with E-state index in [1.165, 1.54) is 0 Å². The molecule has 0 fully saturated rings. The molecule has 0 aliphatic carbocycles. The van der Waals surface area contributed by atoms with Gasteiger partial charge in [0, 0.05) is 12.6 Å². The molecule has 0 rings (SSSR count). The highest BCUT2D eigenvalue weighted by Crippen LogP contribution is 1.93. The summed E-state index contributed by atoms with van der Waals surface area (Å²) >= 11 is 0. The molecule has 0 saturated carbocycles. The molecule has 5 heteroatoms. The molecule has 0 spiro atoms. The van der Waals surface area contributed by atoms with E-state index in [9.17, 15) is 9.59 Å². The van der Waals surface area contributed by atoms with Gasteiger partial charge in [0.1, 0.15) is 0 Å². The molecule has 0 aromatic heterocycles. The Hall–Kier alpha value is -1.10. The molecule has 5 nitrogen and oxygen atoms in total. The molecule has 0 aliphatic rings. The van der Waals surface area contributed by atoms with Gasteiger partial charge in [-0.3, -0.25) is 9.59 Å². The fourth-order valence-electron chi connectivity index (χ4n) is 1.07. The normalized spacial score (nSPS) is 11.9. The summed E-state index contributed by atoms with van der Waals surface area (Å²) in [4.78, 5) is 22.1. The molecular formula is C10H20N2O3. The Labute approximate surface area is 90.6 Å². The first-order valence-electron chi connectivity index (χ1n) is 5.25. The topological polar surface area (TPSA) is 67.4 Å². The van der Waals surface area contributed by atoms with E-state index in [1.807, 2.05) is 13.8 Å². The van der Waals surface area contributed by atoms with Crippen molar-refractivity contribution >= 4 is 11.9 Å². The zero-order chi connectivity index (χ0) is 11.7. The Morgan fingerprint density at radius 1 is 1.33 bits per heavy atom. The van der Waals surface area contributed by atoms with Crippen LogP contribution in [0, 0.1) is 0 Å². The lowest BCUT2D eigenvalue weighted by atomic mass is 10.2. The zero-order valence-corrected chi connectivity index (χ0v) is 9.63. The number of carbonyl (C=O) groups excluding carboxylic acids is 2. The highest BCUT2D eigenvalue weighted by molar-refractivity contribution is 5.78. The van der Waals surface area contributed by atoms with Gasteiger partial charge in [0.05, 0.1) is 19.6 Å². The Bertz CT molecular complexity index is 207. The van der Waals surface area contributed by atoms with Gasteiger partial charge in [-0.1, -0.05) is 0 Å². The molecule has 1 unspecified atom stereocenters. The van der Waals surface area contributed by atoms with Crippen molar-refractivity contribution < 1.29 is 14.3 Å². The average molecular weight is 216 g/mol. The van der Waals surface area contributed by atoms with E-state index in [-0.39, 0.29) is 30.9 Å². The van der Waals surface area contributed by atoms with E-state index in [1.54, 1.807) is 6.92 Å². The van der Waals surface area contributed by atoms with Gasteiger partial charge in [-0.25, -0.2) is 0 Å². The van der Waals surface area contributed by atoms with Crippen molar-refractivity contribution in [3.8, 4) is 0 Å². The van der Waals surface area contributed by atoms with Gasteiger partial charge in [0.25, 0.3) is 0 Å². The predicted octanol–water partition coefficient (Wildman–Crippen LogP) is 0.0538. The number of ether oxygens (including phenoxy) is 1. The van der Waals surface area contributed by atoms with E-state index in [0.29, 0.717) is 13.2 Å². The fraction of sp³-hybridized carbons (Fsp3) is 0.800. The predicted molar refractivity (Wildman–Crippen MR) is 57.4 cm³/mol. The van der Waals surface area contributed by atoms with Crippen LogP contribution < -0.4 is 10.6 Å². The summed E-state index contributed by atoms with van der Waals surface area (Å²) in [6.45, 7) is 6.71. The quantitative estimate of drug-likeness (QED) is 0.590. The van der Waals surface area contributed by atoms with E-state index >= 15 is 0 Å². The third-order valence-electron chi connectivity index (χ3n) is 1.76. The number of hydrogen-bond acceptors (Lipinski definition) is 4. The minimum Gasteiger partial charge on any atom is -0.466 e. The van der Waals surface area contributed by atoms with Gasteiger partial charge in [-0.05, 0) is 20.8 Å². The van der Waals surface area contributed by atoms with Gasteiger partial charge >= 0.3 is 5.97 Å². The minimum atomic E-state index is -0.242. The van der Waals surface area contributed by atoms with Crippen LogP contribution in [0.3, 0.4) is 0 Å². The van der Waals surface area contributed by atoms with Crippen molar-refractivity contribution in [3.05, 3.63) is 0 Å². The minimum absolute atomic E-state index is 0.0494. The van der Waals surface area contributed by atoms with Crippen molar-refractivity contribution in [3.63, 3.8) is 0 Å². The summed E-state index contributed by atoms with van der Waals surface area (Å²) < 4.78 is 4.79. The first-order chi connectivity index (χ1) is 7.10. The lowest BCUT2D eigenvalue weighted by molar-refractivity contribution is -0.143. The lowest BCUT2D eigenvalue weighted by Crippen LogP contribution is -2.38. The van der Waals surface area contributed by atoms with Crippen molar-refractivity contribution in [2.45, 2.75) is 33.2 Å². The molecule has 15 heavy (non-hydrogen) atoms. The van der Waals surface area contributed by atoms with Crippen molar-refractivity contribution in [1.29, 1.82) is 0 Å². The van der Waals surface area contributed by atoms with E-state index in [2.05, 4.69) is 10.6 Å². The maximum absolute atomic E-state index is 11.1. The first kappa shape index (κ1) is 13.9. The van der Waals surface area contributed by atoms with Crippen LogP contribution in [-0.4, -0.2) is 37.6 Å². The van der Waals surface area contributed by atoms with Crippen LogP contribution in [-0.2, 0) is 14.3 Å². The molecular weight excluding hydrogens is 196 g/mol. The van der Waals surface area contributed by atoms with Crippen LogP contribution in [0.15, 0.2) is 0 Å². The number of nitrogens with one attached hydrogen (secondary N) is 2. The summed E-state index contributed by atoms with van der Waals surface area (Å²) in [5.74, 6) is -0.304. The first-order valence-corrected chi connectivity index (χ1v) is 5.25. The van der Waals surface area contributed by atoms with Crippen LogP contribution >= 0.6 is 0 Å². The molecule has 0 aromatic rings. The van der Waals surface area contributed by atoms with Gasteiger partial charge < -0.3 is 15.4 Å². The van der Waals surface area contributed by atoms with Crippen molar-refractivity contribution in [1.82, 2.24) is 10.6 Å². The molecule has 0 aromatic carbocycles. The van der Waals surface area contributed by atoms with Crippen LogP contribution in [0.5, 0.6) is 0 Å². The Kier molecular flexibility index (Phi) is 7.62. The number of hydrogen-bond donors (Lipinski definition) is 2. The number of likely N-dealkylation sites (N-methyl/N-ethyl adjacent to an activating group) is 1. The molecule has 0 heterocycles. The summed E-state index contributed by atoms with van der Waals surface area (Å²) in [5, 5.41) is 5.61. The van der Waals surface area contributed by atoms with Crippen LogP contribution in [0.2, 0.25) is 0 Å². The Morgan fingerprint density at radius 2 is 2.00 bits per heavy atom. The van der Waals surface area contributed by atoms with Crippen LogP contribution in [0.25, 0.3) is 0 Å². The van der Waals surface area contributed by atoms with E-state index < -0.39 is 0 Å². The average Bonchev–Trinajstić information content (AvgIpc) is 2.15. The summed E-state index contributed by atoms with van der Waals surface area (Å²) in [6, 6.07) is -0.0494. The summed E-state index contributed by atoms with van der Waals surface area (Å²) in [6.07, 6.45) is 0.285. The molecule has 2 N–H and O–H groups in total. The second-order valence-corrected chi connectivity index (χ2v) is 3.24. The summed E-state index contributed by atoms with van der Waals surface area (Å²) in [5.41, 5.74) is 0. The Balaban J connectivity index is 3.60. The van der Waals surface area contributed by atoms with Crippen molar-refractivity contribution in [2.75, 3.05) is 19.7 Å². The Morgan fingerprint density at radius 3 is 2.53 bits per heavy atom. The molecule has 0 radical (unpaired) electrons.